The summed E-state index contributed by atoms with van der Waals surface area (Å²) in [6.45, 7) is 5.04. The summed E-state index contributed by atoms with van der Waals surface area (Å²) in [5, 5.41) is 10.2. The largest absolute Gasteiger partial charge is 0.493 e. The number of carboxylic acid groups (broad SMARTS) is 1. The van der Waals surface area contributed by atoms with Crippen LogP contribution in [0.3, 0.4) is 0 Å². The Hall–Kier alpha value is -5.16. The van der Waals surface area contributed by atoms with Crippen molar-refractivity contribution in [1.82, 2.24) is 0 Å². The van der Waals surface area contributed by atoms with Crippen molar-refractivity contribution in [2.75, 3.05) is 42.3 Å². The predicted octanol–water partition coefficient (Wildman–Crippen LogP) is 9.17. The van der Waals surface area contributed by atoms with Crippen LogP contribution in [-0.4, -0.2) is 78.9 Å². The molecule has 4 fully saturated rings. The standard InChI is InChI=1S/C26H31NO6S.C25H29NO6S/c1-15-21(27-34(3,29)30)14-20(16-6-7-16)24(18-8-11-22-17(13-18)5-4-12-32-22)23(15)25(26(28)31-2)33-19-9-10-19;1-14-20(26-33(2,29)30)13-19(15-5-6-15)23(22(14)24(25(27)28)32-18-8-9-18)17-7-10-21-16(12-17)4-3-11-31-21/h8,11,13-14,16,19,25,27H,4-7,9-10,12H2,1-3H3;7,10,12-13,15,18,24,26H,3-6,8-9,11H2,1-2H3,(H,27,28). The molecule has 0 amide bonds. The van der Waals surface area contributed by atoms with Gasteiger partial charge in [-0.05, 0) is 195 Å². The summed E-state index contributed by atoms with van der Waals surface area (Å²) in [5.41, 5.74) is 11.4. The number of nitrogens with one attached hydrogen (secondary N) is 2. The molecule has 0 bridgehead atoms. The van der Waals surface area contributed by atoms with E-state index in [1.165, 1.54) is 7.11 Å². The number of fused-ring (bicyclic) bond motifs is 2. The van der Waals surface area contributed by atoms with Gasteiger partial charge in [0.15, 0.2) is 12.2 Å². The lowest BCUT2D eigenvalue weighted by Crippen LogP contribution is -2.22. The van der Waals surface area contributed by atoms with Crippen LogP contribution in [0.15, 0.2) is 48.5 Å². The number of carbonyl (C=O) groups excluding carboxylic acids is 1. The molecule has 2 aliphatic heterocycles. The lowest BCUT2D eigenvalue weighted by Gasteiger charge is -2.27. The van der Waals surface area contributed by atoms with Crippen molar-refractivity contribution in [3.05, 3.63) is 93.0 Å². The Morgan fingerprint density at radius 2 is 1.06 bits per heavy atom. The van der Waals surface area contributed by atoms with Gasteiger partial charge in [0.1, 0.15) is 11.5 Å². The molecular weight excluding hydrogens is 897 g/mol. The highest BCUT2D eigenvalue weighted by molar-refractivity contribution is 7.92. The smallest absolute Gasteiger partial charge is 0.339 e. The quantitative estimate of drug-likeness (QED) is 0.0904. The number of anilines is 2. The zero-order chi connectivity index (χ0) is 47.4. The van der Waals surface area contributed by atoms with Crippen LogP contribution in [0.4, 0.5) is 11.4 Å². The number of esters is 1. The van der Waals surface area contributed by atoms with E-state index in [4.69, 9.17) is 23.7 Å². The van der Waals surface area contributed by atoms with E-state index in [9.17, 15) is 31.5 Å². The van der Waals surface area contributed by atoms with E-state index in [0.29, 0.717) is 46.2 Å². The van der Waals surface area contributed by atoms with Gasteiger partial charge in [-0.1, -0.05) is 12.1 Å². The van der Waals surface area contributed by atoms with Gasteiger partial charge in [-0.3, -0.25) is 9.44 Å². The number of ether oxygens (including phenoxy) is 5. The third-order valence-corrected chi connectivity index (χ3v) is 14.4. The average Bonchev–Trinajstić information content (AvgIpc) is 4.08. The van der Waals surface area contributed by atoms with Gasteiger partial charge in [-0.25, -0.2) is 26.4 Å². The third kappa shape index (κ3) is 10.9. The summed E-state index contributed by atoms with van der Waals surface area (Å²) >= 11 is 0. The molecule has 358 valence electrons. The van der Waals surface area contributed by atoms with Gasteiger partial charge >= 0.3 is 11.9 Å². The highest BCUT2D eigenvalue weighted by Gasteiger charge is 2.40. The normalized spacial score (nSPS) is 18.7. The first-order valence-corrected chi connectivity index (χ1v) is 27.2. The van der Waals surface area contributed by atoms with Crippen molar-refractivity contribution in [2.45, 2.75) is 127 Å². The van der Waals surface area contributed by atoms with E-state index < -0.39 is 44.2 Å². The molecule has 2 unspecified atom stereocenters. The van der Waals surface area contributed by atoms with E-state index in [1.54, 1.807) is 6.92 Å². The highest BCUT2D eigenvalue weighted by Crippen LogP contribution is 2.53. The first-order valence-electron chi connectivity index (χ1n) is 23.4. The van der Waals surface area contributed by atoms with E-state index in [0.717, 1.165) is 152 Å². The van der Waals surface area contributed by atoms with E-state index >= 15 is 0 Å². The second kappa shape index (κ2) is 18.7. The number of sulfonamides is 2. The van der Waals surface area contributed by atoms with Gasteiger partial charge in [0.05, 0.1) is 56.4 Å². The number of rotatable bonds is 16. The summed E-state index contributed by atoms with van der Waals surface area (Å²) in [6.07, 6.45) is 11.3. The molecule has 4 saturated carbocycles. The lowest BCUT2D eigenvalue weighted by molar-refractivity contribution is -0.155. The number of carboxylic acids is 1. The van der Waals surface area contributed by atoms with Crippen LogP contribution in [0, 0.1) is 13.8 Å². The molecule has 2 heterocycles. The first-order chi connectivity index (χ1) is 32.0. The summed E-state index contributed by atoms with van der Waals surface area (Å²) in [5.74, 6) is 0.802. The van der Waals surface area contributed by atoms with E-state index in [1.807, 2.05) is 43.3 Å². The maximum atomic E-state index is 13.0. The fourth-order valence-corrected chi connectivity index (χ4v) is 10.6. The highest BCUT2D eigenvalue weighted by atomic mass is 32.2. The molecule has 3 N–H and O–H groups in total. The summed E-state index contributed by atoms with van der Waals surface area (Å²) in [6, 6.07) is 16.0. The molecule has 6 aliphatic rings. The molecule has 0 aromatic heterocycles. The fraction of sp³-hybridized carbons (Fsp3) is 0.490. The van der Waals surface area contributed by atoms with Crippen molar-refractivity contribution in [3.8, 4) is 33.8 Å². The molecular formula is C51H60N2O12S2. The van der Waals surface area contributed by atoms with Gasteiger partial charge in [-0.2, -0.15) is 0 Å². The minimum Gasteiger partial charge on any atom is -0.493 e. The van der Waals surface area contributed by atoms with Crippen LogP contribution < -0.4 is 18.9 Å². The maximum Gasteiger partial charge on any atom is 0.339 e. The van der Waals surface area contributed by atoms with Crippen LogP contribution in [0.2, 0.25) is 0 Å². The fourth-order valence-electron chi connectivity index (χ4n) is 9.42. The Balaban J connectivity index is 0.000000168. The van der Waals surface area contributed by atoms with Crippen LogP contribution in [0.25, 0.3) is 22.3 Å². The molecule has 0 radical (unpaired) electrons. The molecule has 10 rings (SSSR count). The van der Waals surface area contributed by atoms with Gasteiger partial charge in [0.25, 0.3) is 0 Å². The Kier molecular flexibility index (Phi) is 13.1. The Labute approximate surface area is 393 Å². The molecule has 0 spiro atoms. The van der Waals surface area contributed by atoms with Gasteiger partial charge in [0.2, 0.25) is 20.0 Å². The summed E-state index contributed by atoms with van der Waals surface area (Å²) in [7, 11) is -5.69. The SMILES string of the molecule is COC(=O)C(OC1CC1)c1c(C)c(NS(C)(=O)=O)cc(C2CC2)c1-c1ccc2c(c1)CCCO2.Cc1c(NS(C)(=O)=O)cc(C2CC2)c(-c2ccc3c(c2)CCCO3)c1C(OC1CC1)C(=O)O. The molecule has 4 aromatic carbocycles. The van der Waals surface area contributed by atoms with Crippen molar-refractivity contribution < 1.29 is 55.2 Å². The van der Waals surface area contributed by atoms with Gasteiger partial charge in [0, 0.05) is 11.1 Å². The van der Waals surface area contributed by atoms with Crippen molar-refractivity contribution >= 4 is 43.4 Å². The second-order valence-electron chi connectivity index (χ2n) is 19.0. The first kappa shape index (κ1) is 46.9. The van der Waals surface area contributed by atoms with Crippen molar-refractivity contribution in [2.24, 2.45) is 0 Å². The molecule has 0 saturated heterocycles. The number of methoxy groups -OCH3 is 1. The van der Waals surface area contributed by atoms with Crippen LogP contribution >= 0.6 is 0 Å². The minimum absolute atomic E-state index is 0.00387. The molecule has 67 heavy (non-hydrogen) atoms. The molecule has 14 nitrogen and oxygen atoms in total. The second-order valence-corrected chi connectivity index (χ2v) is 22.5. The molecule has 16 heteroatoms. The number of hydrogen-bond donors (Lipinski definition) is 3. The van der Waals surface area contributed by atoms with E-state index in [2.05, 4.69) is 21.6 Å². The number of benzene rings is 4. The van der Waals surface area contributed by atoms with Crippen molar-refractivity contribution in [1.29, 1.82) is 0 Å². The van der Waals surface area contributed by atoms with Crippen LogP contribution in [0.1, 0.15) is 133 Å². The zero-order valence-corrected chi connectivity index (χ0v) is 40.4. The summed E-state index contributed by atoms with van der Waals surface area (Å²) in [4.78, 5) is 25.5. The van der Waals surface area contributed by atoms with Gasteiger partial charge < -0.3 is 28.8 Å². The Morgan fingerprint density at radius 1 is 0.642 bits per heavy atom. The average molecular weight is 957 g/mol. The predicted molar refractivity (Wildman–Crippen MR) is 255 cm³/mol. The minimum atomic E-state index is -3.54. The topological polar surface area (TPSA) is 193 Å². The molecule has 2 atom stereocenters. The van der Waals surface area contributed by atoms with Crippen LogP contribution in [0.5, 0.6) is 11.5 Å². The third-order valence-electron chi connectivity index (χ3n) is 13.2. The molecule has 4 aromatic rings. The Morgan fingerprint density at radius 3 is 1.43 bits per heavy atom. The van der Waals surface area contributed by atoms with Crippen molar-refractivity contribution in [3.63, 3.8) is 0 Å². The lowest BCUT2D eigenvalue weighted by atomic mass is 9.84. The maximum absolute atomic E-state index is 13.0. The number of aliphatic carboxylic acids is 1. The monoisotopic (exact) mass is 956 g/mol. The van der Waals surface area contributed by atoms with E-state index in [-0.39, 0.29) is 18.1 Å². The Bertz CT molecular complexity index is 2830. The number of aryl methyl sites for hydroxylation is 2. The summed E-state index contributed by atoms with van der Waals surface area (Å²) < 4.78 is 82.8. The van der Waals surface area contributed by atoms with Gasteiger partial charge in [-0.15, -0.1) is 0 Å². The number of hydrogen-bond acceptors (Lipinski definition) is 11. The van der Waals surface area contributed by atoms with Crippen LogP contribution in [-0.2, 0) is 56.7 Å². The zero-order valence-electron chi connectivity index (χ0n) is 38.7. The molecule has 4 aliphatic carbocycles. The number of carbonyl (C=O) groups is 2.